The fraction of sp³-hybridized carbons (Fsp3) is 0.346. The van der Waals surface area contributed by atoms with Crippen LogP contribution in [0.1, 0.15) is 37.4 Å². The zero-order valence-corrected chi connectivity index (χ0v) is 20.7. The fourth-order valence-electron chi connectivity index (χ4n) is 4.31. The molecule has 1 N–H and O–H groups in total. The number of pyridine rings is 1. The molecule has 1 aliphatic heterocycles. The Labute approximate surface area is 212 Å². The number of halogens is 1. The average Bonchev–Trinajstić information content (AvgIpc) is 3.24. The zero-order valence-electron chi connectivity index (χ0n) is 20.0. The summed E-state index contributed by atoms with van der Waals surface area (Å²) in [5.41, 5.74) is 3.73. The second kappa shape index (κ2) is 8.74. The molecule has 1 aliphatic carbocycles. The van der Waals surface area contributed by atoms with Gasteiger partial charge in [-0.25, -0.2) is 9.97 Å². The van der Waals surface area contributed by atoms with Gasteiger partial charge in [-0.1, -0.05) is 11.6 Å². The van der Waals surface area contributed by atoms with E-state index in [1.807, 2.05) is 35.8 Å². The quantitative estimate of drug-likeness (QED) is 0.404. The third kappa shape index (κ3) is 4.46. The number of aryl methyl sites for hydroxylation is 1. The van der Waals surface area contributed by atoms with E-state index in [-0.39, 0.29) is 17.6 Å². The minimum Gasteiger partial charge on any atom is -0.488 e. The molecule has 0 spiro atoms. The van der Waals surface area contributed by atoms with Crippen molar-refractivity contribution in [2.45, 2.75) is 51.4 Å². The molecule has 1 saturated carbocycles. The predicted molar refractivity (Wildman–Crippen MR) is 134 cm³/mol. The number of fused-ring (bicyclic) bond motifs is 1. The molecule has 4 heterocycles. The van der Waals surface area contributed by atoms with Crippen molar-refractivity contribution < 1.29 is 14.3 Å². The van der Waals surface area contributed by atoms with Crippen LogP contribution in [0.5, 0.6) is 11.6 Å². The Morgan fingerprint density at radius 2 is 2.06 bits per heavy atom. The second-order valence-electron chi connectivity index (χ2n) is 9.64. The van der Waals surface area contributed by atoms with E-state index in [1.165, 1.54) is 6.33 Å². The van der Waals surface area contributed by atoms with Crippen LogP contribution in [-0.4, -0.2) is 48.7 Å². The largest absolute Gasteiger partial charge is 0.488 e. The summed E-state index contributed by atoms with van der Waals surface area (Å²) in [5, 5.41) is 3.25. The van der Waals surface area contributed by atoms with Crippen LogP contribution in [-0.2, 0) is 11.3 Å². The number of carbonyl (C=O) groups excluding carboxylic acids is 1. The highest BCUT2D eigenvalue weighted by Crippen LogP contribution is 2.41. The maximum absolute atomic E-state index is 11.5. The first-order valence-corrected chi connectivity index (χ1v) is 12.3. The molecule has 36 heavy (non-hydrogen) atoms. The first-order valence-electron chi connectivity index (χ1n) is 11.9. The summed E-state index contributed by atoms with van der Waals surface area (Å²) >= 11 is 6.76. The number of amides is 1. The molecule has 184 valence electrons. The number of hydrogen-bond donors (Lipinski definition) is 1. The lowest BCUT2D eigenvalue weighted by Crippen LogP contribution is -2.20. The molecule has 9 nitrogen and oxygen atoms in total. The van der Waals surface area contributed by atoms with Crippen molar-refractivity contribution >= 4 is 28.7 Å². The van der Waals surface area contributed by atoms with E-state index in [0.717, 1.165) is 29.7 Å². The first-order chi connectivity index (χ1) is 17.4. The molecule has 1 atom stereocenters. The molecule has 0 unspecified atom stereocenters. The summed E-state index contributed by atoms with van der Waals surface area (Å²) in [4.78, 5) is 29.9. The van der Waals surface area contributed by atoms with Gasteiger partial charge in [0.25, 0.3) is 0 Å². The molecule has 2 fully saturated rings. The smallest absolute Gasteiger partial charge is 0.245 e. The zero-order chi connectivity index (χ0) is 24.9. The highest BCUT2D eigenvalue weighted by atomic mass is 35.5. The lowest BCUT2D eigenvalue weighted by molar-refractivity contribution is -0.119. The summed E-state index contributed by atoms with van der Waals surface area (Å²) in [6, 6.07) is 9.47. The molecule has 1 saturated heterocycles. The Morgan fingerprint density at radius 1 is 1.19 bits per heavy atom. The summed E-state index contributed by atoms with van der Waals surface area (Å²) in [5.74, 6) is 1.68. The molecule has 10 heteroatoms. The Morgan fingerprint density at radius 3 is 2.78 bits per heavy atom. The normalized spacial score (nSPS) is 18.3. The number of aromatic nitrogens is 5. The number of hydrogen-bond acceptors (Lipinski definition) is 7. The number of rotatable bonds is 7. The lowest BCUT2D eigenvalue weighted by Gasteiger charge is -2.14. The second-order valence-corrected chi connectivity index (χ2v) is 10.0. The Bertz CT molecular complexity index is 1480. The number of ether oxygens (including phenoxy) is 2. The number of nitrogens with zero attached hydrogens (tertiary/aromatic N) is 5. The fourth-order valence-corrected chi connectivity index (χ4v) is 4.56. The summed E-state index contributed by atoms with van der Waals surface area (Å²) in [7, 11) is 0. The average molecular weight is 505 g/mol. The van der Waals surface area contributed by atoms with E-state index in [1.54, 1.807) is 12.3 Å². The Kier molecular flexibility index (Phi) is 5.52. The highest BCUT2D eigenvalue weighted by Gasteiger charge is 2.41. The SMILES string of the molecule is Cc1ccnc(Cn2c(-c3ccc(O[C@@H]4CNC(=O)C4)cc3Cl)nc3c(OC4(C)CC4)ncnc32)c1. The standard InChI is InChI=1S/C26H25ClN6O3/c1-15-5-8-28-16(9-15)13-33-23(32-22-24(33)30-14-31-25(22)36-26(2)6-7-26)19-4-3-17(10-20(19)27)35-18-11-21(34)29-12-18/h3-5,8-10,14,18H,6-7,11-13H2,1-2H3,(H,29,34)/t18-/m0/s1. The molecule has 4 aromatic rings. The number of carbonyl (C=O) groups is 1. The molecular formula is C26H25ClN6O3. The van der Waals surface area contributed by atoms with Crippen molar-refractivity contribution in [3.8, 4) is 23.0 Å². The van der Waals surface area contributed by atoms with Crippen LogP contribution in [0.25, 0.3) is 22.6 Å². The maximum Gasteiger partial charge on any atom is 0.245 e. The van der Waals surface area contributed by atoms with Crippen molar-refractivity contribution in [2.24, 2.45) is 0 Å². The summed E-state index contributed by atoms with van der Waals surface area (Å²) < 4.78 is 14.1. The van der Waals surface area contributed by atoms with E-state index in [9.17, 15) is 4.79 Å². The van der Waals surface area contributed by atoms with Gasteiger partial charge in [0.05, 0.1) is 30.2 Å². The number of imidazole rings is 1. The van der Waals surface area contributed by atoms with Crippen molar-refractivity contribution in [3.05, 3.63) is 59.1 Å². The van der Waals surface area contributed by atoms with Crippen molar-refractivity contribution in [1.29, 1.82) is 0 Å². The molecular weight excluding hydrogens is 480 g/mol. The van der Waals surface area contributed by atoms with Gasteiger partial charge in [0.2, 0.25) is 11.8 Å². The molecule has 0 radical (unpaired) electrons. The van der Waals surface area contributed by atoms with Gasteiger partial charge in [-0.2, -0.15) is 4.98 Å². The summed E-state index contributed by atoms with van der Waals surface area (Å²) in [6.07, 6.45) is 5.38. The van der Waals surface area contributed by atoms with Crippen LogP contribution in [0.15, 0.2) is 42.9 Å². The van der Waals surface area contributed by atoms with E-state index in [0.29, 0.717) is 53.2 Å². The van der Waals surface area contributed by atoms with Crippen molar-refractivity contribution in [3.63, 3.8) is 0 Å². The molecule has 2 aliphatic rings. The van der Waals surface area contributed by atoms with Gasteiger partial charge >= 0.3 is 0 Å². The Balaban J connectivity index is 1.42. The van der Waals surface area contributed by atoms with Crippen molar-refractivity contribution in [2.75, 3.05) is 6.54 Å². The molecule has 1 aromatic carbocycles. The van der Waals surface area contributed by atoms with Gasteiger partial charge in [-0.05, 0) is 62.6 Å². The van der Waals surface area contributed by atoms with E-state index < -0.39 is 0 Å². The minimum absolute atomic E-state index is 0.0135. The van der Waals surface area contributed by atoms with Gasteiger partial charge in [0.1, 0.15) is 29.6 Å². The molecule has 0 bridgehead atoms. The van der Waals surface area contributed by atoms with Gasteiger partial charge in [-0.3, -0.25) is 9.78 Å². The number of benzene rings is 1. The van der Waals surface area contributed by atoms with E-state index in [4.69, 9.17) is 26.1 Å². The highest BCUT2D eigenvalue weighted by molar-refractivity contribution is 6.33. The predicted octanol–water partition coefficient (Wildman–Crippen LogP) is 4.10. The molecule has 3 aromatic heterocycles. The van der Waals surface area contributed by atoms with Crippen LogP contribution in [0.2, 0.25) is 5.02 Å². The monoisotopic (exact) mass is 504 g/mol. The summed E-state index contributed by atoms with van der Waals surface area (Å²) in [6.45, 7) is 5.04. The van der Waals surface area contributed by atoms with Crippen LogP contribution in [0.3, 0.4) is 0 Å². The van der Waals surface area contributed by atoms with E-state index >= 15 is 0 Å². The van der Waals surface area contributed by atoms with Crippen molar-refractivity contribution in [1.82, 2.24) is 29.8 Å². The topological polar surface area (TPSA) is 104 Å². The lowest BCUT2D eigenvalue weighted by atomic mass is 10.2. The number of nitrogens with one attached hydrogen (secondary N) is 1. The van der Waals surface area contributed by atoms with Gasteiger partial charge < -0.3 is 19.4 Å². The Hall–Kier alpha value is -3.72. The van der Waals surface area contributed by atoms with Crippen LogP contribution in [0.4, 0.5) is 0 Å². The van der Waals surface area contributed by atoms with Gasteiger partial charge in [0, 0.05) is 11.8 Å². The first kappa shape index (κ1) is 22.7. The van der Waals surface area contributed by atoms with E-state index in [2.05, 4.69) is 27.2 Å². The van der Waals surface area contributed by atoms with Gasteiger partial charge in [0.15, 0.2) is 11.2 Å². The third-order valence-corrected chi connectivity index (χ3v) is 6.82. The van der Waals surface area contributed by atoms with Crippen LogP contribution >= 0.6 is 11.6 Å². The van der Waals surface area contributed by atoms with Crippen LogP contribution < -0.4 is 14.8 Å². The third-order valence-electron chi connectivity index (χ3n) is 6.51. The molecule has 6 rings (SSSR count). The van der Waals surface area contributed by atoms with Crippen LogP contribution in [0, 0.1) is 6.92 Å². The van der Waals surface area contributed by atoms with Gasteiger partial charge in [-0.15, -0.1) is 0 Å². The minimum atomic E-state index is -0.213. The molecule has 1 amide bonds. The maximum atomic E-state index is 11.5.